The summed E-state index contributed by atoms with van der Waals surface area (Å²) in [4.78, 5) is 10.9. The Morgan fingerprint density at radius 3 is 1.39 bits per heavy atom. The van der Waals surface area contributed by atoms with Crippen LogP contribution in [-0.2, 0) is 4.79 Å². The molecular formula is C27H54O. The van der Waals surface area contributed by atoms with Crippen LogP contribution in [0.3, 0.4) is 0 Å². The third kappa shape index (κ3) is 22.0. The fraction of sp³-hybridized carbons (Fsp3) is 0.963. The highest BCUT2D eigenvalue weighted by molar-refractivity contribution is 5.75. The molecule has 0 aromatic rings. The SMILES string of the molecule is CCCCCCC(CCCCCCCCCCCCCCC(C)=O)CC(C)C. The molecular weight excluding hydrogens is 340 g/mol. The number of ketones is 1. The van der Waals surface area contributed by atoms with Crippen LogP contribution in [0.4, 0.5) is 0 Å². The van der Waals surface area contributed by atoms with Crippen molar-refractivity contribution >= 4 is 5.78 Å². The van der Waals surface area contributed by atoms with Gasteiger partial charge in [-0.2, -0.15) is 0 Å². The van der Waals surface area contributed by atoms with E-state index in [0.29, 0.717) is 5.78 Å². The maximum Gasteiger partial charge on any atom is 0.129 e. The van der Waals surface area contributed by atoms with E-state index in [1.807, 2.05) is 0 Å². The zero-order chi connectivity index (χ0) is 20.9. The van der Waals surface area contributed by atoms with Gasteiger partial charge >= 0.3 is 0 Å². The van der Waals surface area contributed by atoms with Crippen molar-refractivity contribution in [2.75, 3.05) is 0 Å². The van der Waals surface area contributed by atoms with E-state index in [4.69, 9.17) is 0 Å². The molecule has 0 aliphatic rings. The van der Waals surface area contributed by atoms with Crippen LogP contribution in [-0.4, -0.2) is 5.78 Å². The summed E-state index contributed by atoms with van der Waals surface area (Å²) in [5.74, 6) is 2.21. The van der Waals surface area contributed by atoms with Crippen LogP contribution in [0.15, 0.2) is 0 Å². The number of hydrogen-bond acceptors (Lipinski definition) is 1. The molecule has 0 aliphatic carbocycles. The third-order valence-corrected chi connectivity index (χ3v) is 6.16. The average Bonchev–Trinajstić information content (AvgIpc) is 2.64. The van der Waals surface area contributed by atoms with Crippen molar-refractivity contribution in [2.45, 2.75) is 156 Å². The molecule has 0 aromatic heterocycles. The van der Waals surface area contributed by atoms with Gasteiger partial charge in [0, 0.05) is 6.42 Å². The Morgan fingerprint density at radius 2 is 1.00 bits per heavy atom. The second kappa shape index (κ2) is 21.4. The monoisotopic (exact) mass is 394 g/mol. The predicted octanol–water partition coefficient (Wildman–Crippen LogP) is 9.67. The lowest BCUT2D eigenvalue weighted by atomic mass is 9.87. The minimum atomic E-state index is 0.349. The standard InChI is InChI=1S/C27H54O/c1-5-6-7-19-22-27(24-25(2)3)23-20-17-15-13-11-9-8-10-12-14-16-18-21-26(4)28/h25,27H,5-24H2,1-4H3. The van der Waals surface area contributed by atoms with Gasteiger partial charge in [-0.1, -0.05) is 130 Å². The van der Waals surface area contributed by atoms with Gasteiger partial charge in [-0.15, -0.1) is 0 Å². The Bertz CT molecular complexity index is 320. The first-order valence-corrected chi connectivity index (χ1v) is 13.1. The first-order valence-electron chi connectivity index (χ1n) is 13.1. The molecule has 1 nitrogen and oxygen atoms in total. The normalized spacial score (nSPS) is 12.6. The topological polar surface area (TPSA) is 17.1 Å². The molecule has 168 valence electrons. The van der Waals surface area contributed by atoms with Gasteiger partial charge in [0.25, 0.3) is 0 Å². The van der Waals surface area contributed by atoms with Crippen molar-refractivity contribution in [3.8, 4) is 0 Å². The van der Waals surface area contributed by atoms with Crippen LogP contribution in [0, 0.1) is 11.8 Å². The van der Waals surface area contributed by atoms with Gasteiger partial charge in [0.15, 0.2) is 0 Å². The smallest absolute Gasteiger partial charge is 0.129 e. The van der Waals surface area contributed by atoms with Crippen molar-refractivity contribution in [1.82, 2.24) is 0 Å². The molecule has 1 unspecified atom stereocenters. The summed E-state index contributed by atoms with van der Waals surface area (Å²) >= 11 is 0. The minimum absolute atomic E-state index is 0.349. The highest BCUT2D eigenvalue weighted by Gasteiger charge is 2.10. The number of carbonyl (C=O) groups is 1. The van der Waals surface area contributed by atoms with Crippen LogP contribution in [0.25, 0.3) is 0 Å². The van der Waals surface area contributed by atoms with Gasteiger partial charge in [-0.25, -0.2) is 0 Å². The number of hydrogen-bond donors (Lipinski definition) is 0. The molecule has 0 spiro atoms. The van der Waals surface area contributed by atoms with Crippen LogP contribution in [0.1, 0.15) is 156 Å². The van der Waals surface area contributed by atoms with E-state index in [0.717, 1.165) is 24.7 Å². The van der Waals surface area contributed by atoms with Gasteiger partial charge in [-0.05, 0) is 31.6 Å². The van der Waals surface area contributed by atoms with E-state index < -0.39 is 0 Å². The Kier molecular flexibility index (Phi) is 21.1. The quantitative estimate of drug-likeness (QED) is 0.167. The minimum Gasteiger partial charge on any atom is -0.300 e. The fourth-order valence-corrected chi connectivity index (χ4v) is 4.48. The summed E-state index contributed by atoms with van der Waals surface area (Å²) in [6.07, 6.45) is 27.4. The van der Waals surface area contributed by atoms with Gasteiger partial charge in [0.1, 0.15) is 5.78 Å². The van der Waals surface area contributed by atoms with E-state index in [9.17, 15) is 4.79 Å². The van der Waals surface area contributed by atoms with E-state index in [1.54, 1.807) is 6.92 Å². The molecule has 0 radical (unpaired) electrons. The lowest BCUT2D eigenvalue weighted by Crippen LogP contribution is -2.05. The van der Waals surface area contributed by atoms with Crippen molar-refractivity contribution in [2.24, 2.45) is 11.8 Å². The summed E-state index contributed by atoms with van der Waals surface area (Å²) < 4.78 is 0. The van der Waals surface area contributed by atoms with Crippen molar-refractivity contribution in [3.63, 3.8) is 0 Å². The molecule has 28 heavy (non-hydrogen) atoms. The number of Topliss-reactive ketones (excluding diaryl/α,β-unsaturated/α-hetero) is 1. The van der Waals surface area contributed by atoms with Gasteiger partial charge in [0.05, 0.1) is 0 Å². The van der Waals surface area contributed by atoms with Gasteiger partial charge < -0.3 is 4.79 Å². The highest BCUT2D eigenvalue weighted by Crippen LogP contribution is 2.25. The molecule has 0 bridgehead atoms. The van der Waals surface area contributed by atoms with Crippen molar-refractivity contribution in [3.05, 3.63) is 0 Å². The molecule has 0 saturated heterocycles. The summed E-state index contributed by atoms with van der Waals surface area (Å²) in [5, 5.41) is 0. The van der Waals surface area contributed by atoms with Crippen LogP contribution in [0.2, 0.25) is 0 Å². The van der Waals surface area contributed by atoms with Gasteiger partial charge in [0.2, 0.25) is 0 Å². The summed E-state index contributed by atoms with van der Waals surface area (Å²) in [7, 11) is 0. The van der Waals surface area contributed by atoms with Gasteiger partial charge in [-0.3, -0.25) is 0 Å². The molecule has 0 amide bonds. The van der Waals surface area contributed by atoms with E-state index >= 15 is 0 Å². The first-order chi connectivity index (χ1) is 13.6. The maximum atomic E-state index is 10.9. The molecule has 1 heteroatoms. The zero-order valence-electron chi connectivity index (χ0n) is 20.2. The van der Waals surface area contributed by atoms with Crippen LogP contribution < -0.4 is 0 Å². The second-order valence-corrected chi connectivity index (χ2v) is 9.83. The van der Waals surface area contributed by atoms with Crippen molar-refractivity contribution in [1.29, 1.82) is 0 Å². The zero-order valence-corrected chi connectivity index (χ0v) is 20.2. The molecule has 0 heterocycles. The maximum absolute atomic E-state index is 10.9. The molecule has 1 atom stereocenters. The molecule has 0 rings (SSSR count). The lowest BCUT2D eigenvalue weighted by Gasteiger charge is -2.19. The number of rotatable bonds is 22. The molecule has 0 aromatic carbocycles. The largest absolute Gasteiger partial charge is 0.300 e. The predicted molar refractivity (Wildman–Crippen MR) is 127 cm³/mol. The van der Waals surface area contributed by atoms with Crippen LogP contribution >= 0.6 is 0 Å². The van der Waals surface area contributed by atoms with Crippen LogP contribution in [0.5, 0.6) is 0 Å². The lowest BCUT2D eigenvalue weighted by molar-refractivity contribution is -0.117. The summed E-state index contributed by atoms with van der Waals surface area (Å²) in [6.45, 7) is 8.80. The van der Waals surface area contributed by atoms with E-state index in [-0.39, 0.29) is 0 Å². The Hall–Kier alpha value is -0.330. The third-order valence-electron chi connectivity index (χ3n) is 6.16. The molecule has 0 aliphatic heterocycles. The summed E-state index contributed by atoms with van der Waals surface area (Å²) in [5.41, 5.74) is 0. The average molecular weight is 395 g/mol. The summed E-state index contributed by atoms with van der Waals surface area (Å²) in [6, 6.07) is 0. The molecule has 0 N–H and O–H groups in total. The Labute approximate surface area is 178 Å². The number of unbranched alkanes of at least 4 members (excludes halogenated alkanes) is 14. The highest BCUT2D eigenvalue weighted by atomic mass is 16.1. The van der Waals surface area contributed by atoms with E-state index in [2.05, 4.69) is 20.8 Å². The number of carbonyl (C=O) groups excluding carboxylic acids is 1. The van der Waals surface area contributed by atoms with Crippen molar-refractivity contribution < 1.29 is 4.79 Å². The van der Waals surface area contributed by atoms with E-state index in [1.165, 1.54) is 116 Å². The Balaban J connectivity index is 3.41. The fourth-order valence-electron chi connectivity index (χ4n) is 4.48. The molecule has 0 fully saturated rings. The Morgan fingerprint density at radius 1 is 0.607 bits per heavy atom. The second-order valence-electron chi connectivity index (χ2n) is 9.83. The first kappa shape index (κ1) is 27.7. The molecule has 0 saturated carbocycles.